The van der Waals surface area contributed by atoms with Crippen LogP contribution in [0.4, 0.5) is 0 Å². The molecule has 0 aliphatic rings. The lowest BCUT2D eigenvalue weighted by Crippen LogP contribution is -2.02. The van der Waals surface area contributed by atoms with Gasteiger partial charge in [-0.3, -0.25) is 4.98 Å². The van der Waals surface area contributed by atoms with Crippen LogP contribution in [0.1, 0.15) is 17.0 Å². The van der Waals surface area contributed by atoms with Crippen LogP contribution in [0, 0.1) is 6.92 Å². The van der Waals surface area contributed by atoms with Crippen molar-refractivity contribution < 1.29 is 9.84 Å². The van der Waals surface area contributed by atoms with Crippen LogP contribution in [0.2, 0.25) is 0 Å². The third kappa shape index (κ3) is 2.88. The maximum Gasteiger partial charge on any atom is 0.143 e. The molecule has 3 nitrogen and oxygen atoms in total. The molecule has 21 heavy (non-hydrogen) atoms. The summed E-state index contributed by atoms with van der Waals surface area (Å²) in [4.78, 5) is 4.29. The molecule has 2 aromatic carbocycles. The largest absolute Gasteiger partial charge is 0.487 e. The van der Waals surface area contributed by atoms with Gasteiger partial charge in [0.15, 0.2) is 0 Å². The molecule has 3 aromatic rings. The van der Waals surface area contributed by atoms with Gasteiger partial charge in [0.1, 0.15) is 18.1 Å². The van der Waals surface area contributed by atoms with Crippen LogP contribution in [-0.4, -0.2) is 10.1 Å². The normalized spacial score (nSPS) is 10.8. The van der Waals surface area contributed by atoms with Gasteiger partial charge in [-0.25, -0.2) is 0 Å². The summed E-state index contributed by atoms with van der Waals surface area (Å²) in [5.74, 6) is 0.635. The van der Waals surface area contributed by atoms with Gasteiger partial charge in [0.25, 0.3) is 0 Å². The number of hydrogen-bond donors (Lipinski definition) is 1. The smallest absolute Gasteiger partial charge is 0.143 e. The fourth-order valence-electron chi connectivity index (χ4n) is 2.42. The third-order valence-electron chi connectivity index (χ3n) is 3.48. The molecule has 1 heterocycles. The van der Waals surface area contributed by atoms with Crippen molar-refractivity contribution in [1.82, 2.24) is 4.98 Å². The highest BCUT2D eigenvalue weighted by atomic mass is 16.5. The minimum atomic E-state index is -0.119. The molecule has 0 fully saturated rings. The maximum atomic E-state index is 9.37. The molecule has 0 radical (unpaired) electrons. The molecule has 0 saturated carbocycles. The molecule has 1 N–H and O–H groups in total. The Labute approximate surface area is 123 Å². The van der Waals surface area contributed by atoms with Gasteiger partial charge >= 0.3 is 0 Å². The van der Waals surface area contributed by atoms with E-state index in [1.165, 1.54) is 10.8 Å². The maximum absolute atomic E-state index is 9.37. The second-order valence-electron chi connectivity index (χ2n) is 4.98. The number of hydrogen-bond acceptors (Lipinski definition) is 3. The molecule has 1 aromatic heterocycles. The Kier molecular flexibility index (Phi) is 3.84. The first-order valence-electron chi connectivity index (χ1n) is 6.95. The van der Waals surface area contributed by atoms with Crippen LogP contribution in [-0.2, 0) is 13.2 Å². The van der Waals surface area contributed by atoms with Crippen molar-refractivity contribution in [2.45, 2.75) is 20.1 Å². The number of aromatic nitrogens is 1. The second kappa shape index (κ2) is 5.94. The highest BCUT2D eigenvalue weighted by molar-refractivity contribution is 5.85. The zero-order chi connectivity index (χ0) is 14.7. The Morgan fingerprint density at radius 1 is 1.00 bits per heavy atom. The van der Waals surface area contributed by atoms with Crippen molar-refractivity contribution in [3.05, 3.63) is 71.5 Å². The number of aryl methyl sites for hydroxylation is 1. The van der Waals surface area contributed by atoms with Crippen LogP contribution in [0.5, 0.6) is 5.75 Å². The van der Waals surface area contributed by atoms with Gasteiger partial charge < -0.3 is 9.84 Å². The van der Waals surface area contributed by atoms with E-state index in [-0.39, 0.29) is 6.61 Å². The Hall–Kier alpha value is -2.39. The molecule has 106 valence electrons. The predicted molar refractivity (Wildman–Crippen MR) is 83.2 cm³/mol. The number of pyridine rings is 1. The molecule has 0 atom stereocenters. The predicted octanol–water partition coefficient (Wildman–Crippen LogP) is 3.61. The first kappa shape index (κ1) is 13.6. The lowest BCUT2D eigenvalue weighted by molar-refractivity contribution is 0.253. The minimum Gasteiger partial charge on any atom is -0.487 e. The number of fused-ring (bicyclic) bond motifs is 1. The molecule has 0 saturated heterocycles. The van der Waals surface area contributed by atoms with Crippen LogP contribution in [0.15, 0.2) is 54.6 Å². The third-order valence-corrected chi connectivity index (χ3v) is 3.48. The molecule has 3 heteroatoms. The van der Waals surface area contributed by atoms with Gasteiger partial charge in [-0.1, -0.05) is 42.5 Å². The standard InChI is InChI=1S/C18H17NO2/c1-13-9-10-18(17(11-20)19-13)21-12-15-7-4-6-14-5-2-3-8-16(14)15/h2-10,20H,11-12H2,1H3. The zero-order valence-electron chi connectivity index (χ0n) is 11.9. The summed E-state index contributed by atoms with van der Waals surface area (Å²) in [6, 6.07) is 18.2. The van der Waals surface area contributed by atoms with Gasteiger partial charge in [0.05, 0.1) is 6.61 Å². The molecule has 0 unspecified atom stereocenters. The van der Waals surface area contributed by atoms with Crippen molar-refractivity contribution in [1.29, 1.82) is 0 Å². The molecular formula is C18H17NO2. The lowest BCUT2D eigenvalue weighted by Gasteiger charge is -2.11. The van der Waals surface area contributed by atoms with Crippen LogP contribution < -0.4 is 4.74 Å². The number of ether oxygens (including phenoxy) is 1. The highest BCUT2D eigenvalue weighted by Crippen LogP contribution is 2.22. The Morgan fingerprint density at radius 3 is 2.67 bits per heavy atom. The van der Waals surface area contributed by atoms with E-state index < -0.39 is 0 Å². The van der Waals surface area contributed by atoms with E-state index in [9.17, 15) is 5.11 Å². The first-order valence-corrected chi connectivity index (χ1v) is 6.95. The summed E-state index contributed by atoms with van der Waals surface area (Å²) in [6.45, 7) is 2.24. The van der Waals surface area contributed by atoms with E-state index in [0.717, 1.165) is 11.3 Å². The number of nitrogens with zero attached hydrogens (tertiary/aromatic N) is 1. The summed E-state index contributed by atoms with van der Waals surface area (Å²) in [5, 5.41) is 11.8. The molecule has 0 bridgehead atoms. The summed E-state index contributed by atoms with van der Waals surface area (Å²) >= 11 is 0. The first-order chi connectivity index (χ1) is 10.3. The van der Waals surface area contributed by atoms with Gasteiger partial charge in [-0.15, -0.1) is 0 Å². The fourth-order valence-corrected chi connectivity index (χ4v) is 2.42. The van der Waals surface area contributed by atoms with E-state index >= 15 is 0 Å². The summed E-state index contributed by atoms with van der Waals surface area (Å²) < 4.78 is 5.85. The molecule has 0 amide bonds. The topological polar surface area (TPSA) is 42.4 Å². The van der Waals surface area contributed by atoms with Crippen LogP contribution in [0.25, 0.3) is 10.8 Å². The van der Waals surface area contributed by atoms with E-state index in [1.807, 2.05) is 37.3 Å². The summed E-state index contributed by atoms with van der Waals surface area (Å²) in [6.07, 6.45) is 0. The average Bonchev–Trinajstić information content (AvgIpc) is 2.53. The minimum absolute atomic E-state index is 0.119. The van der Waals surface area contributed by atoms with Gasteiger partial charge in [0, 0.05) is 5.69 Å². The molecule has 0 spiro atoms. The van der Waals surface area contributed by atoms with E-state index in [0.29, 0.717) is 18.1 Å². The summed E-state index contributed by atoms with van der Waals surface area (Å²) in [5.41, 5.74) is 2.57. The molecule has 0 aliphatic heterocycles. The van der Waals surface area contributed by atoms with Crippen molar-refractivity contribution in [2.75, 3.05) is 0 Å². The Bertz CT molecular complexity index is 763. The van der Waals surface area contributed by atoms with Gasteiger partial charge in [-0.2, -0.15) is 0 Å². The number of aliphatic hydroxyl groups is 1. The summed E-state index contributed by atoms with van der Waals surface area (Å²) in [7, 11) is 0. The molecule has 0 aliphatic carbocycles. The van der Waals surface area contributed by atoms with Crippen molar-refractivity contribution in [2.24, 2.45) is 0 Å². The quantitative estimate of drug-likeness (QED) is 0.793. The monoisotopic (exact) mass is 279 g/mol. The van der Waals surface area contributed by atoms with E-state index in [1.54, 1.807) is 0 Å². The van der Waals surface area contributed by atoms with Crippen molar-refractivity contribution >= 4 is 10.8 Å². The zero-order valence-corrected chi connectivity index (χ0v) is 11.9. The molecule has 3 rings (SSSR count). The number of rotatable bonds is 4. The average molecular weight is 279 g/mol. The van der Waals surface area contributed by atoms with Crippen molar-refractivity contribution in [3.63, 3.8) is 0 Å². The highest BCUT2D eigenvalue weighted by Gasteiger charge is 2.06. The van der Waals surface area contributed by atoms with E-state index in [4.69, 9.17) is 4.74 Å². The van der Waals surface area contributed by atoms with Gasteiger partial charge in [0.2, 0.25) is 0 Å². The van der Waals surface area contributed by atoms with Gasteiger partial charge in [-0.05, 0) is 35.4 Å². The van der Waals surface area contributed by atoms with Crippen LogP contribution in [0.3, 0.4) is 0 Å². The Morgan fingerprint density at radius 2 is 1.81 bits per heavy atom. The SMILES string of the molecule is Cc1ccc(OCc2cccc3ccccc23)c(CO)n1. The fraction of sp³-hybridized carbons (Fsp3) is 0.167. The lowest BCUT2D eigenvalue weighted by atomic mass is 10.1. The van der Waals surface area contributed by atoms with Crippen LogP contribution >= 0.6 is 0 Å². The van der Waals surface area contributed by atoms with Crippen molar-refractivity contribution in [3.8, 4) is 5.75 Å². The van der Waals surface area contributed by atoms with E-state index in [2.05, 4.69) is 29.2 Å². The number of benzene rings is 2. The molecular weight excluding hydrogens is 262 g/mol. The second-order valence-corrected chi connectivity index (χ2v) is 4.98. The number of aliphatic hydroxyl groups excluding tert-OH is 1. The Balaban J connectivity index is 1.87.